The van der Waals surface area contributed by atoms with E-state index in [1.807, 2.05) is 0 Å². The number of benzene rings is 1. The summed E-state index contributed by atoms with van der Waals surface area (Å²) >= 11 is 1.81. The Bertz CT molecular complexity index is 354. The molecule has 0 aliphatic heterocycles. The molecule has 1 atom stereocenters. The summed E-state index contributed by atoms with van der Waals surface area (Å²) < 4.78 is 0. The molecule has 1 aromatic carbocycles. The summed E-state index contributed by atoms with van der Waals surface area (Å²) in [5.74, 6) is 0.979. The summed E-state index contributed by atoms with van der Waals surface area (Å²) in [5, 5.41) is 3.68. The van der Waals surface area contributed by atoms with E-state index in [1.165, 1.54) is 49.0 Å². The Morgan fingerprint density at radius 2 is 1.84 bits per heavy atom. The van der Waals surface area contributed by atoms with Crippen molar-refractivity contribution in [3.63, 3.8) is 0 Å². The molecular weight excluding hydrogens is 250 g/mol. The Balaban J connectivity index is 1.72. The van der Waals surface area contributed by atoms with Gasteiger partial charge in [-0.05, 0) is 49.8 Å². The standard InChI is InChI=1S/C17H27NS/c1-14(16-8-10-17(19-2)11-9-16)18-13-12-15-6-4-3-5-7-15/h8-11,14-15,18H,3-7,12-13H2,1-2H3. The van der Waals surface area contributed by atoms with E-state index in [0.717, 1.165) is 12.5 Å². The fourth-order valence-electron chi connectivity index (χ4n) is 2.99. The van der Waals surface area contributed by atoms with Crippen molar-refractivity contribution in [1.82, 2.24) is 5.32 Å². The second-order valence-corrected chi connectivity index (χ2v) is 6.62. The Morgan fingerprint density at radius 3 is 2.47 bits per heavy atom. The summed E-state index contributed by atoms with van der Waals surface area (Å²) in [6.07, 6.45) is 10.8. The highest BCUT2D eigenvalue weighted by Crippen LogP contribution is 2.26. The lowest BCUT2D eigenvalue weighted by atomic mass is 9.87. The molecule has 1 saturated carbocycles. The molecule has 1 aliphatic carbocycles. The molecule has 1 fully saturated rings. The van der Waals surface area contributed by atoms with Gasteiger partial charge in [0, 0.05) is 10.9 Å². The lowest BCUT2D eigenvalue weighted by Gasteiger charge is -2.22. The largest absolute Gasteiger partial charge is 0.310 e. The molecule has 2 rings (SSSR count). The van der Waals surface area contributed by atoms with Crippen LogP contribution in [0.25, 0.3) is 0 Å². The van der Waals surface area contributed by atoms with Gasteiger partial charge in [0.2, 0.25) is 0 Å². The molecule has 0 heterocycles. The molecule has 1 nitrogen and oxygen atoms in total. The first-order chi connectivity index (χ1) is 9.29. The molecule has 1 aromatic rings. The van der Waals surface area contributed by atoms with Crippen molar-refractivity contribution in [1.29, 1.82) is 0 Å². The second kappa shape index (κ2) is 7.96. The van der Waals surface area contributed by atoms with E-state index in [2.05, 4.69) is 42.8 Å². The predicted octanol–water partition coefficient (Wildman–Crippen LogP) is 5.03. The Hall–Kier alpha value is -0.470. The number of rotatable bonds is 6. The molecule has 1 aliphatic rings. The van der Waals surface area contributed by atoms with Crippen molar-refractivity contribution in [2.45, 2.75) is 56.4 Å². The first-order valence-corrected chi connectivity index (χ1v) is 8.89. The van der Waals surface area contributed by atoms with Crippen LogP contribution in [0.1, 0.15) is 57.1 Å². The Morgan fingerprint density at radius 1 is 1.16 bits per heavy atom. The minimum absolute atomic E-state index is 0.472. The highest BCUT2D eigenvalue weighted by molar-refractivity contribution is 7.98. The predicted molar refractivity (Wildman–Crippen MR) is 85.8 cm³/mol. The Labute approximate surface area is 122 Å². The van der Waals surface area contributed by atoms with Gasteiger partial charge >= 0.3 is 0 Å². The van der Waals surface area contributed by atoms with E-state index in [4.69, 9.17) is 0 Å². The summed E-state index contributed by atoms with van der Waals surface area (Å²) in [6.45, 7) is 3.44. The van der Waals surface area contributed by atoms with Gasteiger partial charge < -0.3 is 5.32 Å². The molecule has 0 radical (unpaired) electrons. The van der Waals surface area contributed by atoms with Crippen LogP contribution >= 0.6 is 11.8 Å². The molecule has 0 aromatic heterocycles. The maximum atomic E-state index is 3.68. The fraction of sp³-hybridized carbons (Fsp3) is 0.647. The van der Waals surface area contributed by atoms with E-state index < -0.39 is 0 Å². The van der Waals surface area contributed by atoms with Crippen LogP contribution in [-0.4, -0.2) is 12.8 Å². The minimum Gasteiger partial charge on any atom is -0.310 e. The maximum absolute atomic E-state index is 3.68. The molecule has 0 bridgehead atoms. The number of thioether (sulfide) groups is 1. The first kappa shape index (κ1) is 14.9. The molecule has 1 N–H and O–H groups in total. The highest BCUT2D eigenvalue weighted by atomic mass is 32.2. The molecule has 0 spiro atoms. The van der Waals surface area contributed by atoms with Gasteiger partial charge in [0.15, 0.2) is 0 Å². The third kappa shape index (κ3) is 4.85. The van der Waals surface area contributed by atoms with Gasteiger partial charge in [-0.2, -0.15) is 0 Å². The van der Waals surface area contributed by atoms with Crippen LogP contribution in [0.2, 0.25) is 0 Å². The van der Waals surface area contributed by atoms with Gasteiger partial charge in [-0.1, -0.05) is 44.2 Å². The molecule has 1 unspecified atom stereocenters. The van der Waals surface area contributed by atoms with Gasteiger partial charge in [0.25, 0.3) is 0 Å². The van der Waals surface area contributed by atoms with Crippen LogP contribution in [0.4, 0.5) is 0 Å². The molecule has 106 valence electrons. The third-order valence-electron chi connectivity index (χ3n) is 4.34. The van der Waals surface area contributed by atoms with Gasteiger partial charge in [-0.25, -0.2) is 0 Å². The zero-order valence-corrected chi connectivity index (χ0v) is 13.1. The van der Waals surface area contributed by atoms with E-state index in [9.17, 15) is 0 Å². The van der Waals surface area contributed by atoms with Crippen LogP contribution in [0.5, 0.6) is 0 Å². The third-order valence-corrected chi connectivity index (χ3v) is 5.09. The van der Waals surface area contributed by atoms with Crippen molar-refractivity contribution < 1.29 is 0 Å². The minimum atomic E-state index is 0.472. The molecule has 0 saturated heterocycles. The normalized spacial score (nSPS) is 18.4. The average molecular weight is 277 g/mol. The summed E-state index contributed by atoms with van der Waals surface area (Å²) in [7, 11) is 0. The van der Waals surface area contributed by atoms with Gasteiger partial charge in [0.05, 0.1) is 0 Å². The lowest BCUT2D eigenvalue weighted by molar-refractivity contribution is 0.329. The highest BCUT2D eigenvalue weighted by Gasteiger charge is 2.13. The SMILES string of the molecule is CSc1ccc(C(C)NCCC2CCCCC2)cc1. The van der Waals surface area contributed by atoms with E-state index in [-0.39, 0.29) is 0 Å². The molecular formula is C17H27NS. The van der Waals surface area contributed by atoms with Crippen LogP contribution in [0, 0.1) is 5.92 Å². The van der Waals surface area contributed by atoms with Crippen LogP contribution in [0.3, 0.4) is 0 Å². The zero-order chi connectivity index (χ0) is 13.5. The van der Waals surface area contributed by atoms with Crippen molar-refractivity contribution in [2.75, 3.05) is 12.8 Å². The van der Waals surface area contributed by atoms with Gasteiger partial charge in [0.1, 0.15) is 0 Å². The molecule has 19 heavy (non-hydrogen) atoms. The monoisotopic (exact) mass is 277 g/mol. The summed E-state index contributed by atoms with van der Waals surface area (Å²) in [5.41, 5.74) is 1.40. The first-order valence-electron chi connectivity index (χ1n) is 7.67. The van der Waals surface area contributed by atoms with E-state index in [1.54, 1.807) is 11.8 Å². The van der Waals surface area contributed by atoms with Crippen molar-refractivity contribution in [2.24, 2.45) is 5.92 Å². The number of hydrogen-bond acceptors (Lipinski definition) is 2. The Kier molecular flexibility index (Phi) is 6.25. The second-order valence-electron chi connectivity index (χ2n) is 5.74. The zero-order valence-electron chi connectivity index (χ0n) is 12.3. The number of hydrogen-bond donors (Lipinski definition) is 1. The van der Waals surface area contributed by atoms with E-state index >= 15 is 0 Å². The molecule has 0 amide bonds. The van der Waals surface area contributed by atoms with Crippen LogP contribution in [0.15, 0.2) is 29.2 Å². The van der Waals surface area contributed by atoms with E-state index in [0.29, 0.717) is 6.04 Å². The quantitative estimate of drug-likeness (QED) is 0.732. The smallest absolute Gasteiger partial charge is 0.0291 e. The van der Waals surface area contributed by atoms with Crippen LogP contribution < -0.4 is 5.32 Å². The van der Waals surface area contributed by atoms with Crippen LogP contribution in [-0.2, 0) is 0 Å². The topological polar surface area (TPSA) is 12.0 Å². The van der Waals surface area contributed by atoms with Gasteiger partial charge in [-0.15, -0.1) is 11.8 Å². The lowest BCUT2D eigenvalue weighted by Crippen LogP contribution is -2.22. The summed E-state index contributed by atoms with van der Waals surface area (Å²) in [4.78, 5) is 1.35. The molecule has 2 heteroatoms. The number of nitrogens with one attached hydrogen (secondary N) is 1. The van der Waals surface area contributed by atoms with Gasteiger partial charge in [-0.3, -0.25) is 0 Å². The van der Waals surface area contributed by atoms with Crippen molar-refractivity contribution >= 4 is 11.8 Å². The fourth-order valence-corrected chi connectivity index (χ4v) is 3.40. The maximum Gasteiger partial charge on any atom is 0.0291 e. The summed E-state index contributed by atoms with van der Waals surface area (Å²) in [6, 6.07) is 9.42. The van der Waals surface area contributed by atoms with Crippen molar-refractivity contribution in [3.8, 4) is 0 Å². The average Bonchev–Trinajstić information content (AvgIpc) is 2.48. The van der Waals surface area contributed by atoms with Crippen molar-refractivity contribution in [3.05, 3.63) is 29.8 Å².